The van der Waals surface area contributed by atoms with Gasteiger partial charge in [-0.3, -0.25) is 4.90 Å². The molecule has 0 amide bonds. The lowest BCUT2D eigenvalue weighted by atomic mass is 10.1. The van der Waals surface area contributed by atoms with Gasteiger partial charge in [-0.2, -0.15) is 0 Å². The first-order valence-electron chi connectivity index (χ1n) is 8.59. The van der Waals surface area contributed by atoms with Crippen molar-refractivity contribution in [3.05, 3.63) is 66.1 Å². The highest BCUT2D eigenvalue weighted by Crippen LogP contribution is 2.29. The summed E-state index contributed by atoms with van der Waals surface area (Å²) in [7, 11) is 0. The van der Waals surface area contributed by atoms with Crippen LogP contribution in [0.15, 0.2) is 54.7 Å². The third-order valence-corrected chi connectivity index (χ3v) is 5.14. The van der Waals surface area contributed by atoms with E-state index < -0.39 is 0 Å². The molecule has 1 aliphatic heterocycles. The number of aromatic amines is 2. The normalized spacial score (nSPS) is 18.8. The summed E-state index contributed by atoms with van der Waals surface area (Å²) in [6.45, 7) is 3.20. The van der Waals surface area contributed by atoms with Gasteiger partial charge in [-0.15, -0.1) is 0 Å². The number of imidazole rings is 1. The van der Waals surface area contributed by atoms with Crippen LogP contribution in [-0.4, -0.2) is 32.9 Å². The third-order valence-electron chi connectivity index (χ3n) is 5.14. The van der Waals surface area contributed by atoms with Crippen LogP contribution in [0.25, 0.3) is 21.9 Å². The molecule has 4 heteroatoms. The van der Waals surface area contributed by atoms with Gasteiger partial charge in [0.1, 0.15) is 5.82 Å². The maximum atomic E-state index is 4.79. The predicted molar refractivity (Wildman–Crippen MR) is 97.0 cm³/mol. The van der Waals surface area contributed by atoms with E-state index in [2.05, 4.69) is 63.5 Å². The SMILES string of the molecule is c1ccc2[nH]c([C@H]3CCN(Cc4c[nH]c5ccccc45)C3)nc2c1. The first-order valence-corrected chi connectivity index (χ1v) is 8.59. The Hall–Kier alpha value is -2.59. The molecular formula is C20H20N4. The fourth-order valence-electron chi connectivity index (χ4n) is 3.87. The van der Waals surface area contributed by atoms with E-state index in [0.717, 1.165) is 36.5 Å². The molecule has 1 atom stereocenters. The minimum Gasteiger partial charge on any atom is -0.361 e. The van der Waals surface area contributed by atoms with Crippen LogP contribution < -0.4 is 0 Å². The highest BCUT2D eigenvalue weighted by Gasteiger charge is 2.26. The monoisotopic (exact) mass is 316 g/mol. The summed E-state index contributed by atoms with van der Waals surface area (Å²) in [4.78, 5) is 14.2. The van der Waals surface area contributed by atoms with E-state index in [9.17, 15) is 0 Å². The Morgan fingerprint density at radius 2 is 1.88 bits per heavy atom. The Morgan fingerprint density at radius 1 is 1.04 bits per heavy atom. The number of fused-ring (bicyclic) bond motifs is 2. The van der Waals surface area contributed by atoms with Crippen LogP contribution in [0.3, 0.4) is 0 Å². The zero-order valence-corrected chi connectivity index (χ0v) is 13.5. The van der Waals surface area contributed by atoms with Crippen molar-refractivity contribution in [1.82, 2.24) is 19.9 Å². The van der Waals surface area contributed by atoms with Crippen molar-refractivity contribution in [3.8, 4) is 0 Å². The Labute approximate surface area is 140 Å². The number of nitrogens with one attached hydrogen (secondary N) is 2. The molecule has 1 saturated heterocycles. The Balaban J connectivity index is 1.35. The number of nitrogens with zero attached hydrogens (tertiary/aromatic N) is 2. The molecule has 2 N–H and O–H groups in total. The van der Waals surface area contributed by atoms with E-state index in [0.29, 0.717) is 5.92 Å². The number of hydrogen-bond acceptors (Lipinski definition) is 2. The summed E-state index contributed by atoms with van der Waals surface area (Å²) in [5.41, 5.74) is 4.82. The van der Waals surface area contributed by atoms with Crippen molar-refractivity contribution < 1.29 is 0 Å². The molecule has 24 heavy (non-hydrogen) atoms. The number of aromatic nitrogens is 3. The fourth-order valence-corrected chi connectivity index (χ4v) is 3.87. The first kappa shape index (κ1) is 13.8. The summed E-state index contributed by atoms with van der Waals surface area (Å²) in [5.74, 6) is 1.64. The first-order chi connectivity index (χ1) is 11.9. The largest absolute Gasteiger partial charge is 0.361 e. The molecule has 0 aliphatic carbocycles. The fraction of sp³-hybridized carbons (Fsp3) is 0.250. The van der Waals surface area contributed by atoms with Gasteiger partial charge in [-0.1, -0.05) is 30.3 Å². The van der Waals surface area contributed by atoms with E-state index in [1.54, 1.807) is 0 Å². The minimum atomic E-state index is 0.502. The van der Waals surface area contributed by atoms with Crippen LogP contribution >= 0.6 is 0 Å². The Bertz CT molecular complexity index is 964. The molecular weight excluding hydrogens is 296 g/mol. The molecule has 0 radical (unpaired) electrons. The van der Waals surface area contributed by atoms with Gasteiger partial charge < -0.3 is 9.97 Å². The lowest BCUT2D eigenvalue weighted by molar-refractivity contribution is 0.327. The number of para-hydroxylation sites is 3. The zero-order valence-electron chi connectivity index (χ0n) is 13.5. The molecule has 0 bridgehead atoms. The third kappa shape index (κ3) is 2.31. The van der Waals surface area contributed by atoms with Crippen LogP contribution in [0.1, 0.15) is 23.7 Å². The van der Waals surface area contributed by atoms with Crippen LogP contribution in [-0.2, 0) is 6.54 Å². The lowest BCUT2D eigenvalue weighted by Crippen LogP contribution is -2.19. The van der Waals surface area contributed by atoms with E-state index in [-0.39, 0.29) is 0 Å². The van der Waals surface area contributed by atoms with Gasteiger partial charge in [0, 0.05) is 36.1 Å². The maximum Gasteiger partial charge on any atom is 0.111 e. The van der Waals surface area contributed by atoms with Crippen LogP contribution in [0, 0.1) is 0 Å². The standard InChI is InChI=1S/C20H20N4/c1-2-6-17-16(5-1)15(11-21-17)13-24-10-9-14(12-24)20-22-18-7-3-4-8-19(18)23-20/h1-8,11,14,21H,9-10,12-13H2,(H,22,23)/t14-/m0/s1. The molecule has 1 aliphatic rings. The molecule has 0 saturated carbocycles. The van der Waals surface area contributed by atoms with Crippen LogP contribution in [0.5, 0.6) is 0 Å². The number of likely N-dealkylation sites (tertiary alicyclic amines) is 1. The molecule has 1 fully saturated rings. The smallest absolute Gasteiger partial charge is 0.111 e. The second kappa shape index (κ2) is 5.49. The summed E-state index contributed by atoms with van der Waals surface area (Å²) < 4.78 is 0. The summed E-state index contributed by atoms with van der Waals surface area (Å²) in [6, 6.07) is 16.8. The summed E-state index contributed by atoms with van der Waals surface area (Å²) in [5, 5.41) is 1.34. The minimum absolute atomic E-state index is 0.502. The molecule has 3 heterocycles. The van der Waals surface area contributed by atoms with E-state index in [1.807, 2.05) is 6.07 Å². The molecule has 5 rings (SSSR count). The molecule has 120 valence electrons. The van der Waals surface area contributed by atoms with E-state index in [1.165, 1.54) is 22.9 Å². The lowest BCUT2D eigenvalue weighted by Gasteiger charge is -2.14. The maximum absolute atomic E-state index is 4.79. The van der Waals surface area contributed by atoms with Gasteiger partial charge in [0.25, 0.3) is 0 Å². The highest BCUT2D eigenvalue weighted by atomic mass is 15.2. The van der Waals surface area contributed by atoms with Crippen molar-refractivity contribution in [1.29, 1.82) is 0 Å². The van der Waals surface area contributed by atoms with Gasteiger partial charge in [0.15, 0.2) is 0 Å². The van der Waals surface area contributed by atoms with Gasteiger partial charge in [0.2, 0.25) is 0 Å². The Kier molecular flexibility index (Phi) is 3.16. The quantitative estimate of drug-likeness (QED) is 0.599. The predicted octanol–water partition coefficient (Wildman–Crippen LogP) is 4.03. The highest BCUT2D eigenvalue weighted by molar-refractivity contribution is 5.83. The molecule has 4 nitrogen and oxygen atoms in total. The number of rotatable bonds is 3. The summed E-state index contributed by atoms with van der Waals surface area (Å²) >= 11 is 0. The van der Waals surface area contributed by atoms with Crippen molar-refractivity contribution in [2.75, 3.05) is 13.1 Å². The van der Waals surface area contributed by atoms with Crippen molar-refractivity contribution in [2.24, 2.45) is 0 Å². The van der Waals surface area contributed by atoms with E-state index >= 15 is 0 Å². The molecule has 4 aromatic rings. The second-order valence-corrected chi connectivity index (χ2v) is 6.72. The van der Waals surface area contributed by atoms with Crippen LogP contribution in [0.4, 0.5) is 0 Å². The average molecular weight is 316 g/mol. The average Bonchev–Trinajstić information content (AvgIpc) is 3.33. The number of H-pyrrole nitrogens is 2. The van der Waals surface area contributed by atoms with Crippen molar-refractivity contribution in [2.45, 2.75) is 18.9 Å². The van der Waals surface area contributed by atoms with Crippen molar-refractivity contribution in [3.63, 3.8) is 0 Å². The molecule has 0 unspecified atom stereocenters. The molecule has 0 spiro atoms. The number of hydrogen-bond donors (Lipinski definition) is 2. The van der Waals surface area contributed by atoms with Crippen molar-refractivity contribution >= 4 is 21.9 Å². The van der Waals surface area contributed by atoms with E-state index in [4.69, 9.17) is 4.98 Å². The van der Waals surface area contributed by atoms with Gasteiger partial charge in [0.05, 0.1) is 11.0 Å². The molecule has 2 aromatic carbocycles. The second-order valence-electron chi connectivity index (χ2n) is 6.72. The Morgan fingerprint density at radius 3 is 2.79 bits per heavy atom. The van der Waals surface area contributed by atoms with Gasteiger partial charge in [-0.25, -0.2) is 4.98 Å². The number of benzene rings is 2. The van der Waals surface area contributed by atoms with Gasteiger partial charge in [-0.05, 0) is 36.7 Å². The topological polar surface area (TPSA) is 47.7 Å². The van der Waals surface area contributed by atoms with Gasteiger partial charge >= 0.3 is 0 Å². The molecule has 2 aromatic heterocycles. The van der Waals surface area contributed by atoms with Crippen LogP contribution in [0.2, 0.25) is 0 Å². The summed E-state index contributed by atoms with van der Waals surface area (Å²) in [6.07, 6.45) is 3.32. The zero-order chi connectivity index (χ0) is 15.9.